The van der Waals surface area contributed by atoms with Gasteiger partial charge in [-0.2, -0.15) is 0 Å². The summed E-state index contributed by atoms with van der Waals surface area (Å²) in [6, 6.07) is 19.2. The zero-order valence-electron chi connectivity index (χ0n) is 14.9. The van der Waals surface area contributed by atoms with Crippen LogP contribution in [0.5, 0.6) is 0 Å². The number of aromatic nitrogens is 1. The van der Waals surface area contributed by atoms with Crippen LogP contribution < -0.4 is 0 Å². The fourth-order valence-corrected chi connectivity index (χ4v) is 2.89. The SMILES string of the molecule is CN(CCc1ccccn1)C(=O)c1ccccc1C(=O)c1ccc(Cl)cc1. The molecule has 1 heterocycles. The zero-order valence-corrected chi connectivity index (χ0v) is 15.7. The van der Waals surface area contributed by atoms with Crippen molar-refractivity contribution in [1.82, 2.24) is 9.88 Å². The Balaban J connectivity index is 1.79. The first-order valence-electron chi connectivity index (χ1n) is 8.61. The largest absolute Gasteiger partial charge is 0.341 e. The van der Waals surface area contributed by atoms with Crippen LogP contribution in [0.4, 0.5) is 0 Å². The highest BCUT2D eigenvalue weighted by molar-refractivity contribution is 6.30. The van der Waals surface area contributed by atoms with Crippen molar-refractivity contribution < 1.29 is 9.59 Å². The van der Waals surface area contributed by atoms with Gasteiger partial charge in [0, 0.05) is 48.1 Å². The van der Waals surface area contributed by atoms with Crippen LogP contribution in [0.1, 0.15) is 32.0 Å². The maximum atomic E-state index is 12.9. The summed E-state index contributed by atoms with van der Waals surface area (Å²) in [6.45, 7) is 0.513. The molecule has 0 bridgehead atoms. The molecule has 0 unspecified atom stereocenters. The van der Waals surface area contributed by atoms with Gasteiger partial charge in [0.15, 0.2) is 5.78 Å². The molecule has 1 amide bonds. The van der Waals surface area contributed by atoms with Gasteiger partial charge in [-0.1, -0.05) is 35.9 Å². The van der Waals surface area contributed by atoms with E-state index < -0.39 is 0 Å². The molecular weight excluding hydrogens is 360 g/mol. The van der Waals surface area contributed by atoms with E-state index in [1.807, 2.05) is 18.2 Å². The summed E-state index contributed by atoms with van der Waals surface area (Å²) in [5.74, 6) is -0.391. The van der Waals surface area contributed by atoms with Crippen LogP contribution >= 0.6 is 11.6 Å². The quantitative estimate of drug-likeness (QED) is 0.601. The smallest absolute Gasteiger partial charge is 0.254 e. The lowest BCUT2D eigenvalue weighted by Crippen LogP contribution is -2.30. The Hall–Kier alpha value is -2.98. The van der Waals surface area contributed by atoms with E-state index in [9.17, 15) is 9.59 Å². The minimum absolute atomic E-state index is 0.191. The first-order chi connectivity index (χ1) is 13.1. The highest BCUT2D eigenvalue weighted by Crippen LogP contribution is 2.18. The molecule has 2 aromatic carbocycles. The maximum Gasteiger partial charge on any atom is 0.254 e. The van der Waals surface area contributed by atoms with Gasteiger partial charge in [-0.3, -0.25) is 14.6 Å². The summed E-state index contributed by atoms with van der Waals surface area (Å²) in [5, 5.41) is 0.560. The van der Waals surface area contributed by atoms with E-state index in [0.29, 0.717) is 34.7 Å². The maximum absolute atomic E-state index is 12.9. The van der Waals surface area contributed by atoms with Crippen molar-refractivity contribution in [1.29, 1.82) is 0 Å². The topological polar surface area (TPSA) is 50.3 Å². The fraction of sp³-hybridized carbons (Fsp3) is 0.136. The van der Waals surface area contributed by atoms with E-state index >= 15 is 0 Å². The molecule has 1 aromatic heterocycles. The molecule has 4 nitrogen and oxygen atoms in total. The van der Waals surface area contributed by atoms with E-state index in [-0.39, 0.29) is 11.7 Å². The van der Waals surface area contributed by atoms with Crippen molar-refractivity contribution in [2.24, 2.45) is 0 Å². The number of likely N-dealkylation sites (N-methyl/N-ethyl adjacent to an activating group) is 1. The molecule has 0 aliphatic rings. The number of benzene rings is 2. The number of nitrogens with zero attached hydrogens (tertiary/aromatic N) is 2. The van der Waals surface area contributed by atoms with Crippen molar-refractivity contribution in [3.8, 4) is 0 Å². The summed E-state index contributed by atoms with van der Waals surface area (Å²) < 4.78 is 0. The molecule has 3 aromatic rings. The van der Waals surface area contributed by atoms with Gasteiger partial charge in [-0.25, -0.2) is 0 Å². The lowest BCUT2D eigenvalue weighted by molar-refractivity contribution is 0.0791. The van der Waals surface area contributed by atoms with Crippen molar-refractivity contribution in [2.75, 3.05) is 13.6 Å². The highest BCUT2D eigenvalue weighted by Gasteiger charge is 2.20. The van der Waals surface area contributed by atoms with Gasteiger partial charge in [-0.15, -0.1) is 0 Å². The van der Waals surface area contributed by atoms with Gasteiger partial charge in [0.1, 0.15) is 0 Å². The summed E-state index contributed by atoms with van der Waals surface area (Å²) in [5.41, 5.74) is 2.19. The number of hydrogen-bond donors (Lipinski definition) is 0. The van der Waals surface area contributed by atoms with Crippen molar-refractivity contribution in [2.45, 2.75) is 6.42 Å². The minimum atomic E-state index is -0.200. The van der Waals surface area contributed by atoms with Crippen molar-refractivity contribution in [3.63, 3.8) is 0 Å². The number of amides is 1. The molecule has 0 saturated heterocycles. The van der Waals surface area contributed by atoms with Crippen molar-refractivity contribution in [3.05, 3.63) is 100 Å². The normalized spacial score (nSPS) is 10.4. The second-order valence-electron chi connectivity index (χ2n) is 6.18. The summed E-state index contributed by atoms with van der Waals surface area (Å²) in [7, 11) is 1.73. The first-order valence-corrected chi connectivity index (χ1v) is 8.98. The molecule has 0 saturated carbocycles. The predicted molar refractivity (Wildman–Crippen MR) is 106 cm³/mol. The van der Waals surface area contributed by atoms with Crippen molar-refractivity contribution >= 4 is 23.3 Å². The van der Waals surface area contributed by atoms with Gasteiger partial charge < -0.3 is 4.90 Å². The van der Waals surface area contributed by atoms with Crippen LogP contribution in [0.3, 0.4) is 0 Å². The Morgan fingerprint density at radius 1 is 0.926 bits per heavy atom. The van der Waals surface area contributed by atoms with Crippen LogP contribution in [0.15, 0.2) is 72.9 Å². The van der Waals surface area contributed by atoms with E-state index in [1.54, 1.807) is 66.7 Å². The Morgan fingerprint density at radius 3 is 2.26 bits per heavy atom. The van der Waals surface area contributed by atoms with Gasteiger partial charge in [0.25, 0.3) is 5.91 Å². The van der Waals surface area contributed by atoms with Crippen LogP contribution in [0, 0.1) is 0 Å². The Labute approximate surface area is 163 Å². The second-order valence-corrected chi connectivity index (χ2v) is 6.62. The third-order valence-electron chi connectivity index (χ3n) is 4.28. The van der Waals surface area contributed by atoms with Crippen LogP contribution in [0.2, 0.25) is 5.02 Å². The number of rotatable bonds is 6. The van der Waals surface area contributed by atoms with E-state index in [4.69, 9.17) is 11.6 Å². The number of hydrogen-bond acceptors (Lipinski definition) is 3. The first kappa shape index (κ1) is 18.8. The van der Waals surface area contributed by atoms with Gasteiger partial charge in [0.2, 0.25) is 0 Å². The summed E-state index contributed by atoms with van der Waals surface area (Å²) >= 11 is 5.89. The number of ketones is 1. The summed E-state index contributed by atoms with van der Waals surface area (Å²) in [6.07, 6.45) is 2.38. The third kappa shape index (κ3) is 4.60. The molecular formula is C22H19ClN2O2. The van der Waals surface area contributed by atoms with Gasteiger partial charge >= 0.3 is 0 Å². The molecule has 5 heteroatoms. The standard InChI is InChI=1S/C22H19ClN2O2/c1-25(15-13-18-6-4-5-14-24-18)22(27)20-8-3-2-7-19(20)21(26)16-9-11-17(23)12-10-16/h2-12,14H,13,15H2,1H3. The van der Waals surface area contributed by atoms with Crippen LogP contribution in [-0.2, 0) is 6.42 Å². The molecule has 0 aliphatic heterocycles. The summed E-state index contributed by atoms with van der Waals surface area (Å²) in [4.78, 5) is 31.7. The fourth-order valence-electron chi connectivity index (χ4n) is 2.76. The second kappa shape index (κ2) is 8.60. The number of carbonyl (C=O) groups excluding carboxylic acids is 2. The average Bonchev–Trinajstić information content (AvgIpc) is 2.72. The predicted octanol–water partition coefficient (Wildman–Crippen LogP) is 4.28. The Bertz CT molecular complexity index is 940. The molecule has 0 fully saturated rings. The van der Waals surface area contributed by atoms with Crippen LogP contribution in [0.25, 0.3) is 0 Å². The Morgan fingerprint density at radius 2 is 1.59 bits per heavy atom. The Kier molecular flexibility index (Phi) is 5.99. The number of carbonyl (C=O) groups is 2. The number of halogens is 1. The molecule has 0 aliphatic carbocycles. The minimum Gasteiger partial charge on any atom is -0.341 e. The van der Waals surface area contributed by atoms with E-state index in [2.05, 4.69) is 4.98 Å². The van der Waals surface area contributed by atoms with E-state index in [1.165, 1.54) is 0 Å². The number of pyridine rings is 1. The third-order valence-corrected chi connectivity index (χ3v) is 4.54. The van der Waals surface area contributed by atoms with Gasteiger partial charge in [-0.05, 0) is 42.5 Å². The molecule has 0 N–H and O–H groups in total. The monoisotopic (exact) mass is 378 g/mol. The van der Waals surface area contributed by atoms with E-state index in [0.717, 1.165) is 5.69 Å². The molecule has 0 atom stereocenters. The molecule has 136 valence electrons. The molecule has 0 spiro atoms. The molecule has 0 radical (unpaired) electrons. The van der Waals surface area contributed by atoms with Crippen LogP contribution in [-0.4, -0.2) is 35.2 Å². The average molecular weight is 379 g/mol. The lowest BCUT2D eigenvalue weighted by Gasteiger charge is -2.18. The molecule has 27 heavy (non-hydrogen) atoms. The highest BCUT2D eigenvalue weighted by atomic mass is 35.5. The zero-order chi connectivity index (χ0) is 19.2. The molecule has 3 rings (SSSR count). The lowest BCUT2D eigenvalue weighted by atomic mass is 9.97. The van der Waals surface area contributed by atoms with Gasteiger partial charge in [0.05, 0.1) is 5.56 Å².